The first kappa shape index (κ1) is 14.6. The van der Waals surface area contributed by atoms with E-state index < -0.39 is 5.97 Å². The molecular weight excluding hydrogens is 320 g/mol. The molecule has 2 aromatic rings. The fourth-order valence-corrected chi connectivity index (χ4v) is 2.51. The Labute approximate surface area is 125 Å². The molecule has 4 N–H and O–H groups in total. The predicted molar refractivity (Wildman–Crippen MR) is 83.7 cm³/mol. The van der Waals surface area contributed by atoms with Gasteiger partial charge in [-0.3, -0.25) is 0 Å². The molecule has 20 heavy (non-hydrogen) atoms. The Balaban J connectivity index is 2.74. The van der Waals surface area contributed by atoms with E-state index in [-0.39, 0.29) is 5.56 Å². The third-order valence-electron chi connectivity index (χ3n) is 3.07. The van der Waals surface area contributed by atoms with Crippen molar-refractivity contribution in [2.75, 3.05) is 12.8 Å². The highest BCUT2D eigenvalue weighted by atomic mass is 79.9. The number of anilines is 1. The maximum absolute atomic E-state index is 11.4. The summed E-state index contributed by atoms with van der Waals surface area (Å²) in [5, 5.41) is 12.4. The number of carboxylic acid groups (broad SMARTS) is 1. The van der Waals surface area contributed by atoms with E-state index in [1.54, 1.807) is 18.2 Å². The van der Waals surface area contributed by atoms with Gasteiger partial charge in [-0.1, -0.05) is 24.3 Å². The Morgan fingerprint density at radius 2 is 2.00 bits per heavy atom. The van der Waals surface area contributed by atoms with Crippen LogP contribution in [0.5, 0.6) is 0 Å². The molecule has 0 saturated heterocycles. The van der Waals surface area contributed by atoms with Gasteiger partial charge in [0.15, 0.2) is 0 Å². The van der Waals surface area contributed by atoms with Crippen LogP contribution >= 0.6 is 15.9 Å². The van der Waals surface area contributed by atoms with Gasteiger partial charge < -0.3 is 16.2 Å². The lowest BCUT2D eigenvalue weighted by atomic mass is 9.94. The van der Waals surface area contributed by atoms with Crippen LogP contribution in [-0.4, -0.2) is 18.1 Å². The molecule has 5 heteroatoms. The minimum Gasteiger partial charge on any atom is -0.478 e. The maximum atomic E-state index is 11.4. The summed E-state index contributed by atoms with van der Waals surface area (Å²) in [6.07, 6.45) is 0. The average Bonchev–Trinajstić information content (AvgIpc) is 2.43. The Morgan fingerprint density at radius 1 is 1.30 bits per heavy atom. The largest absolute Gasteiger partial charge is 0.478 e. The molecular formula is C15H15BrN2O2. The molecule has 0 saturated carbocycles. The highest BCUT2D eigenvalue weighted by Crippen LogP contribution is 2.36. The Morgan fingerprint density at radius 3 is 2.65 bits per heavy atom. The summed E-state index contributed by atoms with van der Waals surface area (Å²) in [6.45, 7) is 0.612. The topological polar surface area (TPSA) is 75.3 Å². The number of nitrogens with one attached hydrogen (secondary N) is 1. The van der Waals surface area contributed by atoms with E-state index >= 15 is 0 Å². The molecule has 2 aromatic carbocycles. The predicted octanol–water partition coefficient (Wildman–Crippen LogP) is 3.12. The molecule has 0 atom stereocenters. The van der Waals surface area contributed by atoms with E-state index in [4.69, 9.17) is 5.73 Å². The summed E-state index contributed by atoms with van der Waals surface area (Å²) >= 11 is 3.40. The number of nitrogen functional groups attached to an aromatic ring is 1. The zero-order valence-electron chi connectivity index (χ0n) is 11.0. The van der Waals surface area contributed by atoms with Gasteiger partial charge in [-0.05, 0) is 46.2 Å². The van der Waals surface area contributed by atoms with Crippen molar-refractivity contribution in [3.8, 4) is 11.1 Å². The fourth-order valence-electron chi connectivity index (χ4n) is 2.18. The molecule has 0 radical (unpaired) electrons. The molecule has 0 amide bonds. The third kappa shape index (κ3) is 2.69. The number of carboxylic acids is 1. The molecule has 0 unspecified atom stereocenters. The lowest BCUT2D eigenvalue weighted by molar-refractivity contribution is 0.0698. The molecule has 0 spiro atoms. The van der Waals surface area contributed by atoms with Crippen LogP contribution in [0, 0.1) is 0 Å². The van der Waals surface area contributed by atoms with Gasteiger partial charge in [0.1, 0.15) is 0 Å². The first-order valence-electron chi connectivity index (χ1n) is 6.10. The second-order valence-corrected chi connectivity index (χ2v) is 5.23. The van der Waals surface area contributed by atoms with Crippen LogP contribution in [0.2, 0.25) is 0 Å². The molecule has 2 rings (SSSR count). The summed E-state index contributed by atoms with van der Waals surface area (Å²) in [4.78, 5) is 11.4. The summed E-state index contributed by atoms with van der Waals surface area (Å²) < 4.78 is 0.757. The van der Waals surface area contributed by atoms with Gasteiger partial charge in [0, 0.05) is 16.6 Å². The van der Waals surface area contributed by atoms with Gasteiger partial charge in [0.05, 0.1) is 11.3 Å². The summed E-state index contributed by atoms with van der Waals surface area (Å²) in [6, 6.07) is 10.7. The van der Waals surface area contributed by atoms with Crippen LogP contribution in [0.3, 0.4) is 0 Å². The zero-order valence-corrected chi connectivity index (χ0v) is 12.6. The smallest absolute Gasteiger partial charge is 0.336 e. The second kappa shape index (κ2) is 6.07. The first-order valence-corrected chi connectivity index (χ1v) is 6.89. The van der Waals surface area contributed by atoms with Crippen LogP contribution < -0.4 is 11.1 Å². The molecule has 0 aliphatic heterocycles. The number of rotatable bonds is 4. The third-order valence-corrected chi connectivity index (χ3v) is 3.76. The van der Waals surface area contributed by atoms with Gasteiger partial charge in [-0.2, -0.15) is 0 Å². The van der Waals surface area contributed by atoms with E-state index in [9.17, 15) is 9.90 Å². The number of carbonyl (C=O) groups is 1. The van der Waals surface area contributed by atoms with Crippen molar-refractivity contribution in [2.24, 2.45) is 0 Å². The summed E-state index contributed by atoms with van der Waals surface area (Å²) in [5.74, 6) is -0.963. The van der Waals surface area contributed by atoms with Crippen molar-refractivity contribution in [1.29, 1.82) is 0 Å². The van der Waals surface area contributed by atoms with E-state index in [1.165, 1.54) is 0 Å². The quantitative estimate of drug-likeness (QED) is 0.751. The highest BCUT2D eigenvalue weighted by molar-refractivity contribution is 9.10. The van der Waals surface area contributed by atoms with Gasteiger partial charge in [-0.25, -0.2) is 4.79 Å². The lowest BCUT2D eigenvalue weighted by Gasteiger charge is -2.15. The number of nitrogens with two attached hydrogens (primary N) is 1. The van der Waals surface area contributed by atoms with E-state index in [0.717, 1.165) is 15.6 Å². The molecule has 0 heterocycles. The molecule has 0 aliphatic rings. The van der Waals surface area contributed by atoms with Crippen molar-refractivity contribution >= 4 is 27.6 Å². The normalized spacial score (nSPS) is 10.5. The Bertz CT molecular complexity index is 656. The molecule has 0 aliphatic carbocycles. The van der Waals surface area contributed by atoms with Gasteiger partial charge in [0.25, 0.3) is 0 Å². The van der Waals surface area contributed by atoms with E-state index in [2.05, 4.69) is 21.2 Å². The number of halogens is 1. The fraction of sp³-hybridized carbons (Fsp3) is 0.133. The molecule has 4 nitrogen and oxygen atoms in total. The number of benzene rings is 2. The maximum Gasteiger partial charge on any atom is 0.336 e. The van der Waals surface area contributed by atoms with E-state index in [0.29, 0.717) is 17.8 Å². The molecule has 0 bridgehead atoms. The van der Waals surface area contributed by atoms with Crippen molar-refractivity contribution < 1.29 is 9.90 Å². The van der Waals surface area contributed by atoms with Crippen molar-refractivity contribution in [3.63, 3.8) is 0 Å². The number of aromatic carboxylic acids is 1. The van der Waals surface area contributed by atoms with Crippen LogP contribution in [0.15, 0.2) is 40.9 Å². The van der Waals surface area contributed by atoms with Crippen molar-refractivity contribution in [2.45, 2.75) is 6.54 Å². The summed E-state index contributed by atoms with van der Waals surface area (Å²) in [7, 11) is 1.84. The average molecular weight is 335 g/mol. The molecule has 0 aromatic heterocycles. The van der Waals surface area contributed by atoms with Crippen LogP contribution in [0.4, 0.5) is 5.69 Å². The standard InChI is InChI=1S/C15H15BrN2O2/c1-18-8-9-6-7-12(16)14(17)13(9)10-4-2-3-5-11(10)15(19)20/h2-7,18H,8,17H2,1H3,(H,19,20). The monoisotopic (exact) mass is 334 g/mol. The zero-order chi connectivity index (χ0) is 14.7. The van der Waals surface area contributed by atoms with E-state index in [1.807, 2.05) is 25.2 Å². The van der Waals surface area contributed by atoms with Gasteiger partial charge in [-0.15, -0.1) is 0 Å². The lowest BCUT2D eigenvalue weighted by Crippen LogP contribution is -2.09. The van der Waals surface area contributed by atoms with Crippen LogP contribution in [-0.2, 0) is 6.54 Å². The Hall–Kier alpha value is -1.85. The highest BCUT2D eigenvalue weighted by Gasteiger charge is 2.17. The minimum absolute atomic E-state index is 0.245. The second-order valence-electron chi connectivity index (χ2n) is 4.38. The molecule has 0 fully saturated rings. The Kier molecular flexibility index (Phi) is 4.42. The van der Waals surface area contributed by atoms with Gasteiger partial charge >= 0.3 is 5.97 Å². The summed E-state index contributed by atoms with van der Waals surface area (Å²) in [5.41, 5.74) is 9.28. The van der Waals surface area contributed by atoms with Crippen LogP contribution in [0.25, 0.3) is 11.1 Å². The first-order chi connectivity index (χ1) is 9.56. The molecule has 104 valence electrons. The minimum atomic E-state index is -0.963. The SMILES string of the molecule is CNCc1ccc(Br)c(N)c1-c1ccccc1C(=O)O. The van der Waals surface area contributed by atoms with Crippen LogP contribution in [0.1, 0.15) is 15.9 Å². The number of hydrogen-bond donors (Lipinski definition) is 3. The van der Waals surface area contributed by atoms with Gasteiger partial charge in [0.2, 0.25) is 0 Å². The van der Waals surface area contributed by atoms with Crippen molar-refractivity contribution in [1.82, 2.24) is 5.32 Å². The van der Waals surface area contributed by atoms with Crippen molar-refractivity contribution in [3.05, 3.63) is 52.0 Å². The number of hydrogen-bond acceptors (Lipinski definition) is 3.